The van der Waals surface area contributed by atoms with Crippen molar-refractivity contribution in [3.05, 3.63) is 366 Å². The fraction of sp³-hybridized carbons (Fsp3) is 0.0278. The Morgan fingerprint density at radius 2 is 0.533 bits per heavy atom. The SMILES string of the molecule is c1ccc(-n2c3c(c4c2[Si](c2ccccc2)(c2ccccc2)c2ccccc2C4(c2ccccc2)c2ccccc2)[Si](c2ccccc2)(c2ccccc2)c2ccccc2C3(c2ccccc2)c2ccccc2)cc1. The number of hydrogen-bond donors (Lipinski definition) is 0. The number of benzene rings is 11. The summed E-state index contributed by atoms with van der Waals surface area (Å²) in [4.78, 5) is 0. The molecule has 1 nitrogen and oxygen atoms in total. The number of fused-ring (bicyclic) bond motifs is 5. The van der Waals surface area contributed by atoms with Crippen LogP contribution >= 0.6 is 0 Å². The second-order valence-corrected chi connectivity index (χ2v) is 27.5. The summed E-state index contributed by atoms with van der Waals surface area (Å²) < 4.78 is 2.89. The van der Waals surface area contributed by atoms with Crippen LogP contribution in [-0.4, -0.2) is 20.7 Å². The third-order valence-corrected chi connectivity index (χ3v) is 26.5. The molecule has 75 heavy (non-hydrogen) atoms. The van der Waals surface area contributed by atoms with Gasteiger partial charge in [0.25, 0.3) is 0 Å². The molecule has 354 valence electrons. The van der Waals surface area contributed by atoms with Gasteiger partial charge in [0.1, 0.15) is 0 Å². The maximum absolute atomic E-state index is 3.56. The molecule has 2 aliphatic heterocycles. The van der Waals surface area contributed by atoms with E-state index in [-0.39, 0.29) is 0 Å². The summed E-state index contributed by atoms with van der Waals surface area (Å²) in [5.41, 5.74) is 9.75. The molecule has 0 atom stereocenters. The molecule has 3 heterocycles. The van der Waals surface area contributed by atoms with E-state index in [0.717, 1.165) is 5.69 Å². The zero-order valence-electron chi connectivity index (χ0n) is 41.5. The van der Waals surface area contributed by atoms with Gasteiger partial charge in [-0.15, -0.1) is 0 Å². The standard InChI is InChI=1S/C72H53NSi2/c1-10-32-54(33-11-1)71(55-34-12-2-13-35-55)63-50-28-31-53-66(63)75(61-46-24-8-25-47-61,62-48-26-9-27-49-62)70-67(71)68-69(73(70)58-40-18-5-19-41-58)72(56-36-14-3-15-37-56,57-38-16-4-17-39-57)64-51-29-30-52-65(64)74(68,59-42-20-6-21-43-59)60-44-22-7-23-45-60/h1-53H. The van der Waals surface area contributed by atoms with Crippen molar-refractivity contribution >= 4 is 57.8 Å². The van der Waals surface area contributed by atoms with Crippen LogP contribution in [0, 0.1) is 0 Å². The Labute approximate surface area is 442 Å². The van der Waals surface area contributed by atoms with Crippen LogP contribution in [0.25, 0.3) is 5.69 Å². The Morgan fingerprint density at radius 1 is 0.253 bits per heavy atom. The minimum Gasteiger partial charge on any atom is -0.319 e. The highest BCUT2D eigenvalue weighted by Gasteiger charge is 2.66. The second kappa shape index (κ2) is 18.0. The van der Waals surface area contributed by atoms with Gasteiger partial charge in [0.05, 0.1) is 10.8 Å². The van der Waals surface area contributed by atoms with Gasteiger partial charge in [-0.2, -0.15) is 0 Å². The molecule has 11 aromatic carbocycles. The molecule has 0 spiro atoms. The number of hydrogen-bond acceptors (Lipinski definition) is 0. The summed E-state index contributed by atoms with van der Waals surface area (Å²) in [5.74, 6) is 0. The lowest BCUT2D eigenvalue weighted by Gasteiger charge is -2.52. The fourth-order valence-electron chi connectivity index (χ4n) is 14.2. The molecule has 0 amide bonds. The third-order valence-electron chi connectivity index (χ3n) is 16.8. The average molecular weight is 988 g/mol. The highest BCUT2D eigenvalue weighted by molar-refractivity contribution is 7.23. The summed E-state index contributed by atoms with van der Waals surface area (Å²) in [7, 11) is -7.08. The molecule has 0 bridgehead atoms. The largest absolute Gasteiger partial charge is 0.319 e. The van der Waals surface area contributed by atoms with Gasteiger partial charge in [0.2, 0.25) is 0 Å². The van der Waals surface area contributed by atoms with Crippen molar-refractivity contribution in [1.82, 2.24) is 4.57 Å². The number of aromatic nitrogens is 1. The van der Waals surface area contributed by atoms with Gasteiger partial charge in [-0.1, -0.05) is 309 Å². The zero-order chi connectivity index (χ0) is 49.9. The van der Waals surface area contributed by atoms with Gasteiger partial charge in [0, 0.05) is 16.7 Å². The summed E-state index contributed by atoms with van der Waals surface area (Å²) in [5, 5.41) is 11.0. The predicted octanol–water partition coefficient (Wildman–Crippen LogP) is 10.6. The van der Waals surface area contributed by atoms with Crippen LogP contribution in [0.15, 0.2) is 322 Å². The van der Waals surface area contributed by atoms with Crippen LogP contribution in [0.5, 0.6) is 0 Å². The van der Waals surface area contributed by atoms with Crippen molar-refractivity contribution in [2.24, 2.45) is 0 Å². The van der Waals surface area contributed by atoms with Crippen LogP contribution in [-0.2, 0) is 10.8 Å². The highest BCUT2D eigenvalue weighted by Crippen LogP contribution is 2.54. The summed E-state index contributed by atoms with van der Waals surface area (Å²) in [6.07, 6.45) is 0. The summed E-state index contributed by atoms with van der Waals surface area (Å²) in [6.45, 7) is 0. The van der Waals surface area contributed by atoms with E-state index in [4.69, 9.17) is 0 Å². The average Bonchev–Trinajstić information content (AvgIpc) is 3.87. The lowest BCUT2D eigenvalue weighted by Crippen LogP contribution is -2.83. The van der Waals surface area contributed by atoms with Crippen molar-refractivity contribution in [2.45, 2.75) is 10.8 Å². The van der Waals surface area contributed by atoms with Crippen LogP contribution in [0.2, 0.25) is 0 Å². The first-order chi connectivity index (χ1) is 37.3. The molecular formula is C72H53NSi2. The lowest BCUT2D eigenvalue weighted by molar-refractivity contribution is 0.701. The first kappa shape index (κ1) is 44.8. The van der Waals surface area contributed by atoms with E-state index >= 15 is 0 Å². The van der Waals surface area contributed by atoms with Gasteiger partial charge >= 0.3 is 0 Å². The normalized spacial score (nSPS) is 15.1. The van der Waals surface area contributed by atoms with Crippen LogP contribution in [0.4, 0.5) is 0 Å². The smallest absolute Gasteiger partial charge is 0.200 e. The van der Waals surface area contributed by atoms with Gasteiger partial charge < -0.3 is 4.57 Å². The number of para-hydroxylation sites is 1. The molecule has 0 N–H and O–H groups in total. The van der Waals surface area contributed by atoms with Gasteiger partial charge in [-0.05, 0) is 87.4 Å². The first-order valence-electron chi connectivity index (χ1n) is 26.3. The highest BCUT2D eigenvalue weighted by atomic mass is 28.3. The molecule has 0 radical (unpaired) electrons. The Balaban J connectivity index is 1.41. The molecule has 1 aromatic heterocycles. The number of rotatable bonds is 9. The van der Waals surface area contributed by atoms with E-state index in [0.29, 0.717) is 0 Å². The first-order valence-corrected chi connectivity index (χ1v) is 30.3. The summed E-state index contributed by atoms with van der Waals surface area (Å²) >= 11 is 0. The van der Waals surface area contributed by atoms with E-state index in [2.05, 4.69) is 326 Å². The lowest BCUT2D eigenvalue weighted by atomic mass is 9.63. The maximum Gasteiger partial charge on any atom is 0.200 e. The Bertz CT molecular complexity index is 3560. The molecule has 0 unspecified atom stereocenters. The topological polar surface area (TPSA) is 4.93 Å². The van der Waals surface area contributed by atoms with E-state index < -0.39 is 27.0 Å². The summed E-state index contributed by atoms with van der Waals surface area (Å²) in [6, 6.07) is 124. The van der Waals surface area contributed by atoms with E-state index in [1.54, 1.807) is 0 Å². The minimum atomic E-state index is -3.56. The van der Waals surface area contributed by atoms with Crippen LogP contribution in [0.3, 0.4) is 0 Å². The second-order valence-electron chi connectivity index (χ2n) is 20.1. The van der Waals surface area contributed by atoms with Gasteiger partial charge in [-0.3, -0.25) is 0 Å². The van der Waals surface area contributed by atoms with Gasteiger partial charge in [0.15, 0.2) is 16.1 Å². The van der Waals surface area contributed by atoms with Gasteiger partial charge in [-0.25, -0.2) is 0 Å². The molecule has 12 aromatic rings. The Kier molecular flexibility index (Phi) is 10.7. The van der Waals surface area contributed by atoms with Crippen molar-refractivity contribution in [3.8, 4) is 5.69 Å². The van der Waals surface area contributed by atoms with Crippen molar-refractivity contribution < 1.29 is 0 Å². The monoisotopic (exact) mass is 987 g/mol. The van der Waals surface area contributed by atoms with Crippen LogP contribution < -0.4 is 41.6 Å². The minimum absolute atomic E-state index is 0.841. The van der Waals surface area contributed by atoms with E-state index in [9.17, 15) is 0 Å². The molecule has 2 aliphatic rings. The molecule has 3 heteroatoms. The quantitative estimate of drug-likeness (QED) is 0.127. The van der Waals surface area contributed by atoms with E-state index in [1.165, 1.54) is 86.3 Å². The molecule has 0 saturated carbocycles. The Hall–Kier alpha value is -8.87. The molecule has 0 saturated heterocycles. The number of nitrogens with zero attached hydrogens (tertiary/aromatic N) is 1. The predicted molar refractivity (Wildman–Crippen MR) is 317 cm³/mol. The third kappa shape index (κ3) is 6.17. The van der Waals surface area contributed by atoms with E-state index in [1.807, 2.05) is 0 Å². The van der Waals surface area contributed by atoms with Crippen molar-refractivity contribution in [1.29, 1.82) is 0 Å². The molecule has 0 aliphatic carbocycles. The molecule has 14 rings (SSSR count). The Morgan fingerprint density at radius 3 is 0.920 bits per heavy atom. The molecular weight excluding hydrogens is 935 g/mol. The fourth-order valence-corrected chi connectivity index (χ4v) is 25.3. The van der Waals surface area contributed by atoms with Crippen molar-refractivity contribution in [3.63, 3.8) is 0 Å². The molecule has 0 fully saturated rings. The van der Waals surface area contributed by atoms with Crippen LogP contribution in [0.1, 0.15) is 44.6 Å². The zero-order valence-corrected chi connectivity index (χ0v) is 43.5. The maximum atomic E-state index is 2.89. The van der Waals surface area contributed by atoms with Crippen molar-refractivity contribution in [2.75, 3.05) is 0 Å².